The van der Waals surface area contributed by atoms with Gasteiger partial charge in [-0.3, -0.25) is 4.79 Å². The zero-order valence-corrected chi connectivity index (χ0v) is 12.9. The number of likely N-dealkylation sites (tertiary alicyclic amines) is 1. The van der Waals surface area contributed by atoms with Crippen molar-refractivity contribution < 1.29 is 9.53 Å². The lowest BCUT2D eigenvalue weighted by Gasteiger charge is -2.34. The van der Waals surface area contributed by atoms with E-state index in [1.54, 1.807) is 7.11 Å². The van der Waals surface area contributed by atoms with E-state index in [9.17, 15) is 4.79 Å². The molecule has 1 atom stereocenters. The summed E-state index contributed by atoms with van der Waals surface area (Å²) in [7, 11) is 1.64. The Balaban J connectivity index is 1.75. The highest BCUT2D eigenvalue weighted by molar-refractivity contribution is 5.95. The molecule has 1 heterocycles. The van der Waals surface area contributed by atoms with Crippen molar-refractivity contribution in [3.05, 3.63) is 29.8 Å². The molecule has 21 heavy (non-hydrogen) atoms. The SMILES string of the molecule is COc1cccc(C(=O)N2CCCC2C2CCCCC2)c1. The number of carbonyl (C=O) groups is 1. The molecule has 0 bridgehead atoms. The van der Waals surface area contributed by atoms with Crippen LogP contribution >= 0.6 is 0 Å². The molecular formula is C18H25NO2. The number of nitrogens with zero attached hydrogens (tertiary/aromatic N) is 1. The molecule has 1 aliphatic heterocycles. The Morgan fingerprint density at radius 3 is 2.71 bits per heavy atom. The summed E-state index contributed by atoms with van der Waals surface area (Å²) >= 11 is 0. The van der Waals surface area contributed by atoms with Crippen LogP contribution in [0, 0.1) is 5.92 Å². The fourth-order valence-corrected chi connectivity index (χ4v) is 3.98. The van der Waals surface area contributed by atoms with Gasteiger partial charge in [0.15, 0.2) is 0 Å². The summed E-state index contributed by atoms with van der Waals surface area (Å²) in [6, 6.07) is 8.01. The number of rotatable bonds is 3. The van der Waals surface area contributed by atoms with Crippen LogP contribution in [0.2, 0.25) is 0 Å². The maximum Gasteiger partial charge on any atom is 0.254 e. The number of hydrogen-bond donors (Lipinski definition) is 0. The van der Waals surface area contributed by atoms with Crippen LogP contribution in [0.1, 0.15) is 55.3 Å². The zero-order valence-electron chi connectivity index (χ0n) is 12.9. The minimum absolute atomic E-state index is 0.182. The van der Waals surface area contributed by atoms with Crippen molar-refractivity contribution in [3.8, 4) is 5.75 Å². The predicted molar refractivity (Wildman–Crippen MR) is 83.6 cm³/mol. The van der Waals surface area contributed by atoms with Gasteiger partial charge in [0.25, 0.3) is 5.91 Å². The summed E-state index contributed by atoms with van der Waals surface area (Å²) in [4.78, 5) is 15.0. The van der Waals surface area contributed by atoms with Gasteiger partial charge in [-0.05, 0) is 49.8 Å². The van der Waals surface area contributed by atoms with Crippen LogP contribution in [0.5, 0.6) is 5.75 Å². The van der Waals surface area contributed by atoms with Crippen LogP contribution in [0.4, 0.5) is 0 Å². The van der Waals surface area contributed by atoms with Crippen LogP contribution < -0.4 is 4.74 Å². The molecule has 3 rings (SSSR count). The second kappa shape index (κ2) is 6.50. The number of ether oxygens (including phenoxy) is 1. The molecule has 3 nitrogen and oxygen atoms in total. The Kier molecular flexibility index (Phi) is 4.47. The minimum atomic E-state index is 0.182. The second-order valence-electron chi connectivity index (χ2n) is 6.34. The van der Waals surface area contributed by atoms with E-state index in [-0.39, 0.29) is 5.91 Å². The van der Waals surface area contributed by atoms with Gasteiger partial charge in [0.1, 0.15) is 5.75 Å². The van der Waals surface area contributed by atoms with Gasteiger partial charge in [-0.15, -0.1) is 0 Å². The normalized spacial score (nSPS) is 23.3. The maximum atomic E-state index is 12.8. The topological polar surface area (TPSA) is 29.5 Å². The van der Waals surface area contributed by atoms with Crippen molar-refractivity contribution in [3.63, 3.8) is 0 Å². The number of carbonyl (C=O) groups excluding carboxylic acids is 1. The van der Waals surface area contributed by atoms with Crippen LogP contribution in [0.3, 0.4) is 0 Å². The van der Waals surface area contributed by atoms with E-state index in [0.29, 0.717) is 6.04 Å². The first kappa shape index (κ1) is 14.4. The molecule has 114 valence electrons. The number of benzene rings is 1. The van der Waals surface area contributed by atoms with E-state index in [1.807, 2.05) is 24.3 Å². The van der Waals surface area contributed by atoms with Gasteiger partial charge in [0.2, 0.25) is 0 Å². The van der Waals surface area contributed by atoms with E-state index in [2.05, 4.69) is 4.90 Å². The summed E-state index contributed by atoms with van der Waals surface area (Å²) in [5.41, 5.74) is 0.761. The van der Waals surface area contributed by atoms with Gasteiger partial charge >= 0.3 is 0 Å². The van der Waals surface area contributed by atoms with E-state index < -0.39 is 0 Å². The van der Waals surface area contributed by atoms with Crippen molar-refractivity contribution >= 4 is 5.91 Å². The molecule has 1 saturated heterocycles. The number of amides is 1. The fourth-order valence-electron chi connectivity index (χ4n) is 3.98. The fraction of sp³-hybridized carbons (Fsp3) is 0.611. The molecule has 0 spiro atoms. The first-order valence-corrected chi connectivity index (χ1v) is 8.24. The van der Waals surface area contributed by atoms with E-state index in [4.69, 9.17) is 4.74 Å². The number of hydrogen-bond acceptors (Lipinski definition) is 2. The average Bonchev–Trinajstić information content (AvgIpc) is 3.04. The molecule has 2 aliphatic rings. The lowest BCUT2D eigenvalue weighted by Crippen LogP contribution is -2.40. The Morgan fingerprint density at radius 1 is 1.14 bits per heavy atom. The Morgan fingerprint density at radius 2 is 1.95 bits per heavy atom. The summed E-state index contributed by atoms with van der Waals surface area (Å²) in [5, 5.41) is 0. The highest BCUT2D eigenvalue weighted by atomic mass is 16.5. The van der Waals surface area contributed by atoms with Gasteiger partial charge in [0.05, 0.1) is 7.11 Å². The largest absolute Gasteiger partial charge is 0.497 e. The van der Waals surface area contributed by atoms with Crippen molar-refractivity contribution in [2.75, 3.05) is 13.7 Å². The summed E-state index contributed by atoms with van der Waals surface area (Å²) in [6.07, 6.45) is 8.97. The standard InChI is InChI=1S/C18H25NO2/c1-21-16-10-5-9-15(13-16)18(20)19-12-6-11-17(19)14-7-3-2-4-8-14/h5,9-10,13-14,17H,2-4,6-8,11-12H2,1H3. The van der Waals surface area contributed by atoms with Gasteiger partial charge in [0, 0.05) is 18.2 Å². The summed E-state index contributed by atoms with van der Waals surface area (Å²) < 4.78 is 5.24. The highest BCUT2D eigenvalue weighted by Gasteiger charge is 2.35. The molecule has 1 aliphatic carbocycles. The van der Waals surface area contributed by atoms with E-state index >= 15 is 0 Å². The van der Waals surface area contributed by atoms with Crippen molar-refractivity contribution in [2.45, 2.75) is 51.0 Å². The molecule has 2 fully saturated rings. The van der Waals surface area contributed by atoms with Gasteiger partial charge in [-0.25, -0.2) is 0 Å². The molecule has 1 aromatic rings. The van der Waals surface area contributed by atoms with Gasteiger partial charge < -0.3 is 9.64 Å². The third-order valence-corrected chi connectivity index (χ3v) is 5.07. The average molecular weight is 287 g/mol. The number of methoxy groups -OCH3 is 1. The Labute approximate surface area is 127 Å². The third kappa shape index (κ3) is 3.07. The van der Waals surface area contributed by atoms with Crippen LogP contribution in [0.25, 0.3) is 0 Å². The van der Waals surface area contributed by atoms with Crippen molar-refractivity contribution in [1.82, 2.24) is 4.90 Å². The Bertz CT molecular complexity index is 494. The van der Waals surface area contributed by atoms with E-state index in [0.717, 1.165) is 30.2 Å². The van der Waals surface area contributed by atoms with Crippen LogP contribution in [-0.2, 0) is 0 Å². The first-order chi connectivity index (χ1) is 10.3. The van der Waals surface area contributed by atoms with Crippen LogP contribution in [0.15, 0.2) is 24.3 Å². The van der Waals surface area contributed by atoms with Crippen molar-refractivity contribution in [1.29, 1.82) is 0 Å². The minimum Gasteiger partial charge on any atom is -0.497 e. The highest BCUT2D eigenvalue weighted by Crippen LogP contribution is 2.35. The molecular weight excluding hydrogens is 262 g/mol. The maximum absolute atomic E-state index is 12.8. The van der Waals surface area contributed by atoms with Crippen molar-refractivity contribution in [2.24, 2.45) is 5.92 Å². The second-order valence-corrected chi connectivity index (χ2v) is 6.34. The van der Waals surface area contributed by atoms with Crippen LogP contribution in [-0.4, -0.2) is 30.5 Å². The third-order valence-electron chi connectivity index (χ3n) is 5.07. The summed E-state index contributed by atoms with van der Waals surface area (Å²) in [5.74, 6) is 1.66. The van der Waals surface area contributed by atoms with E-state index in [1.165, 1.54) is 38.5 Å². The monoisotopic (exact) mass is 287 g/mol. The zero-order chi connectivity index (χ0) is 14.7. The summed E-state index contributed by atoms with van der Waals surface area (Å²) in [6.45, 7) is 0.914. The molecule has 1 amide bonds. The molecule has 1 aromatic carbocycles. The molecule has 1 saturated carbocycles. The molecule has 1 unspecified atom stereocenters. The first-order valence-electron chi connectivity index (χ1n) is 8.24. The molecule has 0 aromatic heterocycles. The molecule has 3 heteroatoms. The quantitative estimate of drug-likeness (QED) is 0.844. The molecule has 0 radical (unpaired) electrons. The van der Waals surface area contributed by atoms with Gasteiger partial charge in [-0.2, -0.15) is 0 Å². The molecule has 0 N–H and O–H groups in total. The smallest absolute Gasteiger partial charge is 0.254 e. The lowest BCUT2D eigenvalue weighted by atomic mass is 9.83. The Hall–Kier alpha value is -1.51. The lowest BCUT2D eigenvalue weighted by molar-refractivity contribution is 0.0661. The van der Waals surface area contributed by atoms with Gasteiger partial charge in [-0.1, -0.05) is 25.3 Å². The predicted octanol–water partition coefficient (Wildman–Crippen LogP) is 3.88.